The number of rotatable bonds is 5. The highest BCUT2D eigenvalue weighted by Gasteiger charge is 2.02. The van der Waals surface area contributed by atoms with Crippen molar-refractivity contribution in [3.63, 3.8) is 0 Å². The van der Waals surface area contributed by atoms with Gasteiger partial charge in [0.05, 0.1) is 0 Å². The Morgan fingerprint density at radius 2 is 2.06 bits per heavy atom. The third-order valence-corrected chi connectivity index (χ3v) is 2.58. The van der Waals surface area contributed by atoms with Crippen LogP contribution in [-0.2, 0) is 0 Å². The number of fused-ring (bicyclic) bond motifs is 1. The maximum atomic E-state index is 5.78. The molecule has 1 aromatic heterocycles. The molecule has 0 bridgehead atoms. The monoisotopic (exact) mass is 237 g/mol. The summed E-state index contributed by atoms with van der Waals surface area (Å²) in [6.45, 7) is 7.87. The van der Waals surface area contributed by atoms with Crippen molar-refractivity contribution in [3.8, 4) is 5.75 Å². The second kappa shape index (κ2) is 5.82. The molecular formula is C16H15NO. The fraction of sp³-hybridized carbons (Fsp3) is 0.0625. The molecule has 0 saturated heterocycles. The first kappa shape index (κ1) is 12.1. The van der Waals surface area contributed by atoms with Gasteiger partial charge in [-0.25, -0.2) is 0 Å². The van der Waals surface area contributed by atoms with Crippen molar-refractivity contribution in [3.05, 3.63) is 73.5 Å². The second-order valence-electron chi connectivity index (χ2n) is 3.80. The predicted molar refractivity (Wildman–Crippen MR) is 75.7 cm³/mol. The number of benzene rings is 1. The molecule has 0 saturated carbocycles. The van der Waals surface area contributed by atoms with Gasteiger partial charge in [0.25, 0.3) is 0 Å². The summed E-state index contributed by atoms with van der Waals surface area (Å²) in [4.78, 5) is 4.34. The second-order valence-corrected chi connectivity index (χ2v) is 3.80. The summed E-state index contributed by atoms with van der Waals surface area (Å²) in [6, 6.07) is 9.83. The largest absolute Gasteiger partial charge is 0.487 e. The van der Waals surface area contributed by atoms with E-state index >= 15 is 0 Å². The topological polar surface area (TPSA) is 22.1 Å². The van der Waals surface area contributed by atoms with E-state index in [0.29, 0.717) is 6.61 Å². The molecule has 0 unspecified atom stereocenters. The van der Waals surface area contributed by atoms with Crippen LogP contribution in [0.2, 0.25) is 0 Å². The number of allylic oxidation sites excluding steroid dienone is 2. The van der Waals surface area contributed by atoms with Crippen molar-refractivity contribution in [1.82, 2.24) is 4.98 Å². The molecule has 0 aliphatic heterocycles. The number of hydrogen-bond donors (Lipinski definition) is 0. The molecule has 0 N–H and O–H groups in total. The zero-order valence-electron chi connectivity index (χ0n) is 10.2. The fourth-order valence-corrected chi connectivity index (χ4v) is 1.68. The average molecular weight is 237 g/mol. The van der Waals surface area contributed by atoms with E-state index < -0.39 is 0 Å². The number of pyridine rings is 1. The molecule has 2 rings (SSSR count). The van der Waals surface area contributed by atoms with Gasteiger partial charge in [0.1, 0.15) is 17.9 Å². The first-order valence-corrected chi connectivity index (χ1v) is 5.75. The molecule has 2 aromatic rings. The lowest BCUT2D eigenvalue weighted by atomic mass is 10.2. The van der Waals surface area contributed by atoms with Crippen LogP contribution >= 0.6 is 0 Å². The van der Waals surface area contributed by atoms with Gasteiger partial charge in [0.2, 0.25) is 0 Å². The third-order valence-electron chi connectivity index (χ3n) is 2.58. The Labute approximate surface area is 107 Å². The van der Waals surface area contributed by atoms with Crippen LogP contribution in [0.25, 0.3) is 10.9 Å². The van der Waals surface area contributed by atoms with Crippen molar-refractivity contribution in [2.45, 2.75) is 0 Å². The molecule has 0 aliphatic rings. The van der Waals surface area contributed by atoms with Gasteiger partial charge < -0.3 is 4.74 Å². The zero-order chi connectivity index (χ0) is 12.8. The van der Waals surface area contributed by atoms with E-state index in [9.17, 15) is 0 Å². The molecule has 0 fully saturated rings. The van der Waals surface area contributed by atoms with Gasteiger partial charge in [-0.1, -0.05) is 49.6 Å². The molecule has 1 aromatic carbocycles. The Kier molecular flexibility index (Phi) is 3.92. The minimum Gasteiger partial charge on any atom is -0.487 e. The van der Waals surface area contributed by atoms with Crippen LogP contribution in [0, 0.1) is 0 Å². The van der Waals surface area contributed by atoms with E-state index in [1.807, 2.05) is 36.4 Å². The van der Waals surface area contributed by atoms with E-state index in [0.717, 1.165) is 22.2 Å². The maximum absolute atomic E-state index is 5.78. The van der Waals surface area contributed by atoms with Crippen LogP contribution < -0.4 is 4.74 Å². The van der Waals surface area contributed by atoms with Gasteiger partial charge in [0.15, 0.2) is 0 Å². The molecule has 18 heavy (non-hydrogen) atoms. The summed E-state index contributed by atoms with van der Waals surface area (Å²) in [5, 5.41) is 1.07. The first-order chi connectivity index (χ1) is 8.85. The highest BCUT2D eigenvalue weighted by Crippen LogP contribution is 2.23. The Morgan fingerprint density at radius 1 is 1.22 bits per heavy atom. The van der Waals surface area contributed by atoms with E-state index in [2.05, 4.69) is 18.1 Å². The number of para-hydroxylation sites is 1. The van der Waals surface area contributed by atoms with E-state index in [1.54, 1.807) is 18.3 Å². The number of nitrogens with zero attached hydrogens (tertiary/aromatic N) is 1. The molecule has 1 heterocycles. The summed E-state index contributed by atoms with van der Waals surface area (Å²) < 4.78 is 5.78. The van der Waals surface area contributed by atoms with Crippen molar-refractivity contribution in [2.75, 3.05) is 6.61 Å². The highest BCUT2D eigenvalue weighted by atomic mass is 16.5. The van der Waals surface area contributed by atoms with Crippen molar-refractivity contribution in [2.24, 2.45) is 0 Å². The predicted octanol–water partition coefficient (Wildman–Crippen LogP) is 3.91. The van der Waals surface area contributed by atoms with Gasteiger partial charge in [0, 0.05) is 11.6 Å². The quantitative estimate of drug-likeness (QED) is 0.735. The van der Waals surface area contributed by atoms with E-state index in [1.165, 1.54) is 0 Å². The average Bonchev–Trinajstić information content (AvgIpc) is 2.43. The lowest BCUT2D eigenvalue weighted by Crippen LogP contribution is -2.00. The van der Waals surface area contributed by atoms with Gasteiger partial charge >= 0.3 is 0 Å². The van der Waals surface area contributed by atoms with Gasteiger partial charge in [-0.3, -0.25) is 4.98 Å². The van der Waals surface area contributed by atoms with Gasteiger partial charge in [-0.05, 0) is 17.7 Å². The van der Waals surface area contributed by atoms with Crippen LogP contribution in [-0.4, -0.2) is 11.6 Å². The molecular weight excluding hydrogens is 222 g/mol. The SMILES string of the molecule is C=C/C=C(\C=C)COc1cccc2cccnc12. The number of hydrogen-bond acceptors (Lipinski definition) is 2. The Balaban J connectivity index is 2.24. The summed E-state index contributed by atoms with van der Waals surface area (Å²) >= 11 is 0. The highest BCUT2D eigenvalue weighted by molar-refractivity contribution is 5.84. The molecule has 90 valence electrons. The molecule has 2 nitrogen and oxygen atoms in total. The number of aromatic nitrogens is 1. The summed E-state index contributed by atoms with van der Waals surface area (Å²) in [5.41, 5.74) is 1.86. The third kappa shape index (κ3) is 2.66. The summed E-state index contributed by atoms with van der Waals surface area (Å²) in [6.07, 6.45) is 7.14. The fourth-order valence-electron chi connectivity index (χ4n) is 1.68. The molecule has 0 atom stereocenters. The molecule has 0 spiro atoms. The van der Waals surface area contributed by atoms with Crippen molar-refractivity contribution in [1.29, 1.82) is 0 Å². The van der Waals surface area contributed by atoms with E-state index in [-0.39, 0.29) is 0 Å². The lowest BCUT2D eigenvalue weighted by molar-refractivity contribution is 0.359. The smallest absolute Gasteiger partial charge is 0.146 e. The van der Waals surface area contributed by atoms with Crippen LogP contribution in [0.5, 0.6) is 5.75 Å². The normalized spacial score (nSPS) is 11.2. The molecule has 0 radical (unpaired) electrons. The number of ether oxygens (including phenoxy) is 1. The Bertz CT molecular complexity index is 594. The minimum atomic E-state index is 0.463. The van der Waals surface area contributed by atoms with Gasteiger partial charge in [-0.2, -0.15) is 0 Å². The lowest BCUT2D eigenvalue weighted by Gasteiger charge is -2.08. The Hall–Kier alpha value is -2.35. The van der Waals surface area contributed by atoms with E-state index in [4.69, 9.17) is 4.74 Å². The standard InChI is InChI=1S/C16H15NO/c1-3-7-13(4-2)12-18-15-10-5-8-14-9-6-11-17-16(14)15/h3-11H,1-2,12H2/b13-7+. The zero-order valence-corrected chi connectivity index (χ0v) is 10.2. The van der Waals surface area contributed by atoms with Crippen LogP contribution in [0.1, 0.15) is 0 Å². The Morgan fingerprint density at radius 3 is 2.83 bits per heavy atom. The van der Waals surface area contributed by atoms with Crippen LogP contribution in [0.3, 0.4) is 0 Å². The summed E-state index contributed by atoms with van der Waals surface area (Å²) in [7, 11) is 0. The molecule has 2 heteroatoms. The van der Waals surface area contributed by atoms with Crippen LogP contribution in [0.4, 0.5) is 0 Å². The van der Waals surface area contributed by atoms with Crippen molar-refractivity contribution < 1.29 is 4.74 Å². The summed E-state index contributed by atoms with van der Waals surface area (Å²) in [5.74, 6) is 0.782. The van der Waals surface area contributed by atoms with Crippen molar-refractivity contribution >= 4 is 10.9 Å². The van der Waals surface area contributed by atoms with Crippen LogP contribution in [0.15, 0.2) is 73.5 Å². The minimum absolute atomic E-state index is 0.463. The maximum Gasteiger partial charge on any atom is 0.146 e. The molecule has 0 aliphatic carbocycles. The molecule has 0 amide bonds. The van der Waals surface area contributed by atoms with Gasteiger partial charge in [-0.15, -0.1) is 0 Å². The first-order valence-electron chi connectivity index (χ1n) is 5.75.